The second kappa shape index (κ2) is 9.21. The quantitative estimate of drug-likeness (QED) is 0.768. The van der Waals surface area contributed by atoms with Crippen LogP contribution >= 0.6 is 0 Å². The monoisotopic (exact) mass is 392 g/mol. The maximum Gasteiger partial charge on any atom is 0.410 e. The van der Waals surface area contributed by atoms with Gasteiger partial charge in [0.1, 0.15) is 11.3 Å². The highest BCUT2D eigenvalue weighted by atomic mass is 16.6. The summed E-state index contributed by atoms with van der Waals surface area (Å²) >= 11 is 0. The van der Waals surface area contributed by atoms with Crippen molar-refractivity contribution in [2.45, 2.75) is 59.1 Å². The highest BCUT2D eigenvalue weighted by Gasteiger charge is 2.28. The number of hydrogen-bond acceptors (Lipinski definition) is 5. The number of carbonyl (C=O) groups excluding carboxylic acids is 2. The van der Waals surface area contributed by atoms with Gasteiger partial charge in [0.25, 0.3) is 11.5 Å². The topological polar surface area (TPSA) is 84.7 Å². The van der Waals surface area contributed by atoms with E-state index < -0.39 is 5.60 Å². The Kier molecular flexibility index (Phi) is 7.21. The normalized spacial score (nSPS) is 17.3. The van der Waals surface area contributed by atoms with Crippen molar-refractivity contribution in [3.8, 4) is 0 Å². The number of amides is 2. The van der Waals surface area contributed by atoms with Crippen LogP contribution in [0.1, 0.15) is 57.4 Å². The van der Waals surface area contributed by atoms with Crippen LogP contribution in [0.3, 0.4) is 0 Å². The van der Waals surface area contributed by atoms with Gasteiger partial charge in [-0.2, -0.15) is 5.10 Å². The summed E-state index contributed by atoms with van der Waals surface area (Å²) in [6.45, 7) is 9.70. The molecule has 8 heteroatoms. The lowest BCUT2D eigenvalue weighted by Gasteiger charge is -2.35. The van der Waals surface area contributed by atoms with Gasteiger partial charge in [0, 0.05) is 39.3 Å². The SMILES string of the molecule is CCCn1nc(C(=O)N2CCCC(CN(C)C(=O)OC(C)(C)C)C2)ccc1=O. The number of aryl methyl sites for hydroxylation is 1. The Hall–Kier alpha value is -2.38. The van der Waals surface area contributed by atoms with Gasteiger partial charge in [0.2, 0.25) is 0 Å². The summed E-state index contributed by atoms with van der Waals surface area (Å²) in [7, 11) is 1.72. The second-order valence-electron chi connectivity index (χ2n) is 8.40. The lowest BCUT2D eigenvalue weighted by molar-refractivity contribution is 0.0244. The number of aromatic nitrogens is 2. The molecule has 2 heterocycles. The van der Waals surface area contributed by atoms with E-state index in [1.165, 1.54) is 16.8 Å². The Labute approximate surface area is 166 Å². The van der Waals surface area contributed by atoms with Crippen LogP contribution in [0.4, 0.5) is 4.79 Å². The average molecular weight is 393 g/mol. The summed E-state index contributed by atoms with van der Waals surface area (Å²) in [5.41, 5.74) is -0.448. The van der Waals surface area contributed by atoms with Crippen LogP contribution in [0.15, 0.2) is 16.9 Å². The Morgan fingerprint density at radius 2 is 2.04 bits per heavy atom. The Morgan fingerprint density at radius 3 is 2.68 bits per heavy atom. The first-order valence-corrected chi connectivity index (χ1v) is 9.92. The molecule has 1 fully saturated rings. The van der Waals surface area contributed by atoms with Gasteiger partial charge in [-0.3, -0.25) is 9.59 Å². The van der Waals surface area contributed by atoms with Crippen molar-refractivity contribution in [3.05, 3.63) is 28.2 Å². The van der Waals surface area contributed by atoms with Crippen LogP contribution in [0.5, 0.6) is 0 Å². The van der Waals surface area contributed by atoms with Gasteiger partial charge < -0.3 is 14.5 Å². The third kappa shape index (κ3) is 6.07. The fourth-order valence-electron chi connectivity index (χ4n) is 3.30. The number of likely N-dealkylation sites (tertiary alicyclic amines) is 1. The minimum atomic E-state index is -0.535. The standard InChI is InChI=1S/C20H32N4O4/c1-6-11-24-17(25)10-9-16(21-24)18(26)23-12-7-8-15(14-23)13-22(5)19(27)28-20(2,3)4/h9-10,15H,6-8,11-14H2,1-5H3. The predicted molar refractivity (Wildman–Crippen MR) is 106 cm³/mol. The van der Waals surface area contributed by atoms with Gasteiger partial charge in [-0.1, -0.05) is 6.92 Å². The number of piperidine rings is 1. The molecule has 1 aromatic rings. The molecule has 0 radical (unpaired) electrons. The van der Waals surface area contributed by atoms with Gasteiger partial charge in [-0.15, -0.1) is 0 Å². The number of rotatable bonds is 5. The summed E-state index contributed by atoms with van der Waals surface area (Å²) in [5.74, 6) is 0.00578. The number of hydrogen-bond donors (Lipinski definition) is 0. The summed E-state index contributed by atoms with van der Waals surface area (Å²) in [6.07, 6.45) is 2.23. The van der Waals surface area contributed by atoms with Crippen LogP contribution in [-0.4, -0.2) is 63.9 Å². The molecule has 0 N–H and O–H groups in total. The van der Waals surface area contributed by atoms with Gasteiger partial charge in [0.05, 0.1) is 0 Å². The van der Waals surface area contributed by atoms with Crippen molar-refractivity contribution in [2.24, 2.45) is 5.92 Å². The molecule has 1 aliphatic heterocycles. The smallest absolute Gasteiger partial charge is 0.410 e. The third-order valence-corrected chi connectivity index (χ3v) is 4.56. The highest BCUT2D eigenvalue weighted by Crippen LogP contribution is 2.20. The molecule has 2 rings (SSSR count). The van der Waals surface area contributed by atoms with Crippen LogP contribution in [0.25, 0.3) is 0 Å². The zero-order valence-electron chi connectivity index (χ0n) is 17.6. The van der Waals surface area contributed by atoms with E-state index in [2.05, 4.69) is 5.10 Å². The number of ether oxygens (including phenoxy) is 1. The molecule has 28 heavy (non-hydrogen) atoms. The molecule has 0 bridgehead atoms. The summed E-state index contributed by atoms with van der Waals surface area (Å²) in [5, 5.41) is 4.22. The van der Waals surface area contributed by atoms with E-state index in [0.717, 1.165) is 19.3 Å². The molecule has 2 amide bonds. The molecule has 1 aromatic heterocycles. The molecule has 1 aliphatic rings. The van der Waals surface area contributed by atoms with Crippen molar-refractivity contribution < 1.29 is 14.3 Å². The maximum absolute atomic E-state index is 12.9. The van der Waals surface area contributed by atoms with Crippen LogP contribution in [0.2, 0.25) is 0 Å². The van der Waals surface area contributed by atoms with Gasteiger partial charge in [0.15, 0.2) is 0 Å². The van der Waals surface area contributed by atoms with Gasteiger partial charge >= 0.3 is 6.09 Å². The number of nitrogens with zero attached hydrogens (tertiary/aromatic N) is 4. The molecule has 8 nitrogen and oxygen atoms in total. The molecule has 0 saturated carbocycles. The number of carbonyl (C=O) groups is 2. The molecule has 1 atom stereocenters. The van der Waals surface area contributed by atoms with E-state index >= 15 is 0 Å². The molecule has 0 aliphatic carbocycles. The fourth-order valence-corrected chi connectivity index (χ4v) is 3.30. The van der Waals surface area contributed by atoms with Crippen molar-refractivity contribution >= 4 is 12.0 Å². The van der Waals surface area contributed by atoms with Crippen LogP contribution in [0, 0.1) is 5.92 Å². The zero-order chi connectivity index (χ0) is 20.9. The fraction of sp³-hybridized carbons (Fsp3) is 0.700. The Balaban J connectivity index is 2.00. The molecule has 1 saturated heterocycles. The molecule has 0 aromatic carbocycles. The van der Waals surface area contributed by atoms with Crippen molar-refractivity contribution in [1.29, 1.82) is 0 Å². The van der Waals surface area contributed by atoms with E-state index in [-0.39, 0.29) is 29.2 Å². The van der Waals surface area contributed by atoms with E-state index in [4.69, 9.17) is 4.74 Å². The van der Waals surface area contributed by atoms with Gasteiger partial charge in [-0.25, -0.2) is 9.48 Å². The zero-order valence-corrected chi connectivity index (χ0v) is 17.6. The molecule has 0 spiro atoms. The highest BCUT2D eigenvalue weighted by molar-refractivity contribution is 5.92. The summed E-state index contributed by atoms with van der Waals surface area (Å²) in [6, 6.07) is 2.89. The third-order valence-electron chi connectivity index (χ3n) is 4.56. The van der Waals surface area contributed by atoms with Crippen molar-refractivity contribution in [1.82, 2.24) is 19.6 Å². The Morgan fingerprint density at radius 1 is 1.32 bits per heavy atom. The maximum atomic E-state index is 12.9. The van der Waals surface area contributed by atoms with Crippen molar-refractivity contribution in [3.63, 3.8) is 0 Å². The van der Waals surface area contributed by atoms with E-state index in [9.17, 15) is 14.4 Å². The molecular weight excluding hydrogens is 360 g/mol. The first kappa shape index (κ1) is 21.9. The molecule has 1 unspecified atom stereocenters. The lowest BCUT2D eigenvalue weighted by Crippen LogP contribution is -2.45. The van der Waals surface area contributed by atoms with Crippen molar-refractivity contribution in [2.75, 3.05) is 26.7 Å². The van der Waals surface area contributed by atoms with Crippen LogP contribution < -0.4 is 5.56 Å². The minimum Gasteiger partial charge on any atom is -0.444 e. The van der Waals surface area contributed by atoms with E-state index in [1.807, 2.05) is 27.7 Å². The lowest BCUT2D eigenvalue weighted by atomic mass is 9.97. The van der Waals surface area contributed by atoms with Crippen LogP contribution in [-0.2, 0) is 11.3 Å². The van der Waals surface area contributed by atoms with Gasteiger partial charge in [-0.05, 0) is 52.0 Å². The largest absolute Gasteiger partial charge is 0.444 e. The predicted octanol–water partition coefficient (Wildman–Crippen LogP) is 2.37. The van der Waals surface area contributed by atoms with E-state index in [1.54, 1.807) is 16.8 Å². The second-order valence-corrected chi connectivity index (χ2v) is 8.40. The Bertz CT molecular complexity index is 753. The summed E-state index contributed by atoms with van der Waals surface area (Å²) in [4.78, 5) is 40.2. The first-order valence-electron chi connectivity index (χ1n) is 9.92. The minimum absolute atomic E-state index is 0.172. The molecule has 156 valence electrons. The summed E-state index contributed by atoms with van der Waals surface area (Å²) < 4.78 is 6.73. The van der Waals surface area contributed by atoms with E-state index in [0.29, 0.717) is 26.2 Å². The average Bonchev–Trinajstić information content (AvgIpc) is 2.62. The first-order chi connectivity index (χ1) is 13.1. The molecular formula is C20H32N4O4.